The van der Waals surface area contributed by atoms with Crippen LogP contribution in [-0.4, -0.2) is 11.7 Å². The van der Waals surface area contributed by atoms with Crippen LogP contribution in [0.3, 0.4) is 0 Å². The Kier molecular flexibility index (Phi) is 3.96. The molecule has 0 bridgehead atoms. The van der Waals surface area contributed by atoms with Gasteiger partial charge in [0.25, 0.3) is 0 Å². The number of cyclic esters (lactones) is 1. The Morgan fingerprint density at radius 3 is 2.32 bits per heavy atom. The molecule has 0 radical (unpaired) electrons. The second-order valence-electron chi connectivity index (χ2n) is 5.58. The highest BCUT2D eigenvalue weighted by Gasteiger charge is 2.37. The smallest absolute Gasteiger partial charge is 0.308 e. The zero-order chi connectivity index (χ0) is 15.4. The third-order valence-corrected chi connectivity index (χ3v) is 3.83. The van der Waals surface area contributed by atoms with Gasteiger partial charge in [0.15, 0.2) is 0 Å². The first-order valence-electron chi connectivity index (χ1n) is 7.47. The van der Waals surface area contributed by atoms with E-state index >= 15 is 0 Å². The van der Waals surface area contributed by atoms with E-state index in [-0.39, 0.29) is 5.97 Å². The molecule has 112 valence electrons. The molecule has 1 heterocycles. The average Bonchev–Trinajstić information content (AvgIpc) is 2.52. The number of rotatable bonds is 3. The van der Waals surface area contributed by atoms with Crippen LogP contribution in [0.5, 0.6) is 0 Å². The van der Waals surface area contributed by atoms with E-state index in [2.05, 4.69) is 11.4 Å². The molecule has 1 aliphatic heterocycles. The fourth-order valence-corrected chi connectivity index (χ4v) is 2.68. The maximum absolute atomic E-state index is 11.8. The zero-order valence-electron chi connectivity index (χ0n) is 12.6. The van der Waals surface area contributed by atoms with Crippen molar-refractivity contribution in [2.75, 3.05) is 5.32 Å². The molecular weight excluding hydrogens is 274 g/mol. The standard InChI is InChI=1S/C19H19NO2/c1-19(20-17-10-6-3-7-11-17)16(12-13-18(21)22-19)14-15-8-4-2-5-9-15/h2-11,14,20H,12-13H2,1H3/b16-14+. The van der Waals surface area contributed by atoms with E-state index in [1.807, 2.05) is 67.6 Å². The Hall–Kier alpha value is -2.55. The number of benzene rings is 2. The molecule has 1 N–H and O–H groups in total. The summed E-state index contributed by atoms with van der Waals surface area (Å²) < 4.78 is 5.64. The molecule has 0 aromatic heterocycles. The van der Waals surface area contributed by atoms with E-state index in [9.17, 15) is 4.79 Å². The Balaban J connectivity index is 1.93. The topological polar surface area (TPSA) is 38.3 Å². The van der Waals surface area contributed by atoms with Crippen LogP contribution in [0, 0.1) is 0 Å². The highest BCUT2D eigenvalue weighted by atomic mass is 16.6. The maximum Gasteiger partial charge on any atom is 0.308 e. The van der Waals surface area contributed by atoms with Crippen molar-refractivity contribution in [3.63, 3.8) is 0 Å². The Labute approximate surface area is 130 Å². The monoisotopic (exact) mass is 293 g/mol. The summed E-state index contributed by atoms with van der Waals surface area (Å²) in [5.41, 5.74) is 2.30. The molecule has 3 rings (SSSR count). The van der Waals surface area contributed by atoms with Crippen LogP contribution in [0.2, 0.25) is 0 Å². The van der Waals surface area contributed by atoms with Crippen molar-refractivity contribution in [1.82, 2.24) is 0 Å². The number of carbonyl (C=O) groups is 1. The number of anilines is 1. The molecule has 1 fully saturated rings. The van der Waals surface area contributed by atoms with Crippen LogP contribution < -0.4 is 5.32 Å². The van der Waals surface area contributed by atoms with Crippen molar-refractivity contribution < 1.29 is 9.53 Å². The van der Waals surface area contributed by atoms with Crippen LogP contribution in [0.4, 0.5) is 5.69 Å². The minimum Gasteiger partial charge on any atom is -0.435 e. The van der Waals surface area contributed by atoms with E-state index in [4.69, 9.17) is 4.74 Å². The Morgan fingerprint density at radius 1 is 1.00 bits per heavy atom. The van der Waals surface area contributed by atoms with Crippen LogP contribution >= 0.6 is 0 Å². The van der Waals surface area contributed by atoms with Crippen molar-refractivity contribution in [3.05, 3.63) is 71.8 Å². The summed E-state index contributed by atoms with van der Waals surface area (Å²) in [6.45, 7) is 1.91. The number of hydrogen-bond donors (Lipinski definition) is 1. The lowest BCUT2D eigenvalue weighted by Gasteiger charge is -2.37. The predicted molar refractivity (Wildman–Crippen MR) is 88.2 cm³/mol. The van der Waals surface area contributed by atoms with Crippen LogP contribution in [0.25, 0.3) is 6.08 Å². The summed E-state index contributed by atoms with van der Waals surface area (Å²) in [5, 5.41) is 3.35. The van der Waals surface area contributed by atoms with Gasteiger partial charge in [-0.2, -0.15) is 0 Å². The molecule has 2 aromatic carbocycles. The summed E-state index contributed by atoms with van der Waals surface area (Å²) >= 11 is 0. The fourth-order valence-electron chi connectivity index (χ4n) is 2.68. The van der Waals surface area contributed by atoms with Crippen LogP contribution in [0.15, 0.2) is 66.2 Å². The van der Waals surface area contributed by atoms with Crippen LogP contribution in [0.1, 0.15) is 25.3 Å². The molecule has 3 nitrogen and oxygen atoms in total. The highest BCUT2D eigenvalue weighted by Crippen LogP contribution is 2.33. The second-order valence-corrected chi connectivity index (χ2v) is 5.58. The van der Waals surface area contributed by atoms with Gasteiger partial charge in [-0.3, -0.25) is 4.79 Å². The number of hydrogen-bond acceptors (Lipinski definition) is 3. The van der Waals surface area contributed by atoms with Crippen LogP contribution in [-0.2, 0) is 9.53 Å². The fraction of sp³-hybridized carbons (Fsp3) is 0.211. The van der Waals surface area contributed by atoms with Gasteiger partial charge in [0.2, 0.25) is 5.72 Å². The summed E-state index contributed by atoms with van der Waals surface area (Å²) in [5.74, 6) is -0.170. The number of para-hydroxylation sites is 1. The third-order valence-electron chi connectivity index (χ3n) is 3.83. The molecule has 0 spiro atoms. The van der Waals surface area contributed by atoms with E-state index in [1.54, 1.807) is 0 Å². The zero-order valence-corrected chi connectivity index (χ0v) is 12.6. The first kappa shape index (κ1) is 14.4. The number of carbonyl (C=O) groups excluding carboxylic acids is 1. The predicted octanol–water partition coefficient (Wildman–Crippen LogP) is 4.24. The molecule has 1 atom stereocenters. The normalized spacial score (nSPS) is 23.1. The van der Waals surface area contributed by atoms with Crippen molar-refractivity contribution >= 4 is 17.7 Å². The van der Waals surface area contributed by atoms with Gasteiger partial charge in [-0.05, 0) is 42.7 Å². The van der Waals surface area contributed by atoms with Gasteiger partial charge in [0.05, 0.1) is 0 Å². The largest absolute Gasteiger partial charge is 0.435 e. The van der Waals surface area contributed by atoms with E-state index in [0.717, 1.165) is 16.8 Å². The summed E-state index contributed by atoms with van der Waals surface area (Å²) in [4.78, 5) is 11.8. The quantitative estimate of drug-likeness (QED) is 0.860. The van der Waals surface area contributed by atoms with Gasteiger partial charge < -0.3 is 10.1 Å². The molecule has 0 aliphatic carbocycles. The van der Waals surface area contributed by atoms with Gasteiger partial charge in [0.1, 0.15) is 0 Å². The molecule has 3 heteroatoms. The number of nitrogens with one attached hydrogen (secondary N) is 1. The first-order valence-corrected chi connectivity index (χ1v) is 7.47. The lowest BCUT2D eigenvalue weighted by molar-refractivity contribution is -0.155. The first-order chi connectivity index (χ1) is 10.7. The van der Waals surface area contributed by atoms with Gasteiger partial charge in [-0.15, -0.1) is 0 Å². The number of ether oxygens (including phenoxy) is 1. The van der Waals surface area contributed by atoms with E-state index in [0.29, 0.717) is 12.8 Å². The molecule has 1 unspecified atom stereocenters. The minimum atomic E-state index is -0.813. The lowest BCUT2D eigenvalue weighted by atomic mass is 9.94. The van der Waals surface area contributed by atoms with Gasteiger partial charge in [0, 0.05) is 12.1 Å². The third kappa shape index (κ3) is 3.19. The second kappa shape index (κ2) is 6.06. The molecule has 0 amide bonds. The van der Waals surface area contributed by atoms with E-state index in [1.165, 1.54) is 0 Å². The van der Waals surface area contributed by atoms with E-state index < -0.39 is 5.72 Å². The molecule has 0 saturated carbocycles. The summed E-state index contributed by atoms with van der Waals surface area (Å²) in [7, 11) is 0. The Morgan fingerprint density at radius 2 is 1.64 bits per heavy atom. The van der Waals surface area contributed by atoms with Crippen molar-refractivity contribution in [2.45, 2.75) is 25.5 Å². The highest BCUT2D eigenvalue weighted by molar-refractivity contribution is 5.75. The summed E-state index contributed by atoms with van der Waals surface area (Å²) in [6.07, 6.45) is 3.22. The molecular formula is C19H19NO2. The maximum atomic E-state index is 11.8. The molecule has 1 saturated heterocycles. The molecule has 22 heavy (non-hydrogen) atoms. The van der Waals surface area contributed by atoms with Gasteiger partial charge in [-0.1, -0.05) is 48.5 Å². The number of esters is 1. The molecule has 2 aromatic rings. The lowest BCUT2D eigenvalue weighted by Crippen LogP contribution is -2.45. The van der Waals surface area contributed by atoms with Gasteiger partial charge >= 0.3 is 5.97 Å². The Bertz CT molecular complexity index is 679. The van der Waals surface area contributed by atoms with Crippen molar-refractivity contribution in [1.29, 1.82) is 0 Å². The summed E-state index contributed by atoms with van der Waals surface area (Å²) in [6, 6.07) is 19.9. The van der Waals surface area contributed by atoms with Gasteiger partial charge in [-0.25, -0.2) is 0 Å². The van der Waals surface area contributed by atoms with Crippen molar-refractivity contribution in [3.8, 4) is 0 Å². The molecule has 1 aliphatic rings. The minimum absolute atomic E-state index is 0.170. The SMILES string of the molecule is CC1(Nc2ccccc2)OC(=O)CC/C1=C\c1ccccc1. The average molecular weight is 293 g/mol. The van der Waals surface area contributed by atoms with Crippen molar-refractivity contribution in [2.24, 2.45) is 0 Å².